The van der Waals surface area contributed by atoms with Gasteiger partial charge in [0.1, 0.15) is 5.82 Å². The molecule has 0 saturated heterocycles. The van der Waals surface area contributed by atoms with E-state index in [1.807, 2.05) is 0 Å². The first-order valence-electron chi connectivity index (χ1n) is 6.54. The van der Waals surface area contributed by atoms with Crippen LogP contribution in [0.3, 0.4) is 0 Å². The quantitative estimate of drug-likeness (QED) is 0.805. The zero-order valence-corrected chi connectivity index (χ0v) is 11.7. The molecule has 6 nitrogen and oxygen atoms in total. The van der Waals surface area contributed by atoms with Crippen molar-refractivity contribution in [1.82, 2.24) is 20.0 Å². The lowest BCUT2D eigenvalue weighted by Gasteiger charge is -2.06. The molecule has 0 aliphatic rings. The second-order valence-corrected chi connectivity index (χ2v) is 4.62. The minimum Gasteiger partial charge on any atom is -0.320 e. The van der Waals surface area contributed by atoms with Gasteiger partial charge in [0.15, 0.2) is 0 Å². The van der Waals surface area contributed by atoms with Crippen LogP contribution in [0.2, 0.25) is 0 Å². The van der Waals surface area contributed by atoms with Gasteiger partial charge in [-0.3, -0.25) is 4.79 Å². The van der Waals surface area contributed by atoms with Crippen molar-refractivity contribution in [2.24, 2.45) is 0 Å². The van der Waals surface area contributed by atoms with Gasteiger partial charge in [0, 0.05) is 0 Å². The van der Waals surface area contributed by atoms with Gasteiger partial charge in [-0.25, -0.2) is 9.07 Å². The van der Waals surface area contributed by atoms with Crippen molar-refractivity contribution in [3.8, 4) is 5.69 Å². The van der Waals surface area contributed by atoms with E-state index < -0.39 is 0 Å². The van der Waals surface area contributed by atoms with E-state index in [0.717, 1.165) is 0 Å². The van der Waals surface area contributed by atoms with Gasteiger partial charge in [0.05, 0.1) is 41.2 Å². The standard InChI is InChI=1S/C15H12FN5O/c1-10-14(15(22)20-12-6-7-17-18-8-12)9-19-21(10)13-4-2-11(16)3-5-13/h2-9H,1H3,(H,17,20,22). The Morgan fingerprint density at radius 2 is 1.91 bits per heavy atom. The van der Waals surface area contributed by atoms with Crippen LogP contribution in [0, 0.1) is 12.7 Å². The molecule has 0 aliphatic heterocycles. The molecule has 0 aliphatic carbocycles. The summed E-state index contributed by atoms with van der Waals surface area (Å²) in [4.78, 5) is 12.3. The van der Waals surface area contributed by atoms with Gasteiger partial charge < -0.3 is 5.32 Å². The van der Waals surface area contributed by atoms with E-state index in [2.05, 4.69) is 20.6 Å². The lowest BCUT2D eigenvalue weighted by atomic mass is 10.2. The minimum atomic E-state index is -0.322. The number of nitrogens with one attached hydrogen (secondary N) is 1. The van der Waals surface area contributed by atoms with E-state index >= 15 is 0 Å². The summed E-state index contributed by atoms with van der Waals surface area (Å²) < 4.78 is 14.6. The number of benzene rings is 1. The highest BCUT2D eigenvalue weighted by molar-refractivity contribution is 6.04. The predicted molar refractivity (Wildman–Crippen MR) is 78.2 cm³/mol. The number of halogens is 1. The van der Waals surface area contributed by atoms with E-state index in [1.165, 1.54) is 30.7 Å². The molecule has 7 heteroatoms. The predicted octanol–water partition coefficient (Wildman–Crippen LogP) is 2.36. The number of anilines is 1. The number of carbonyl (C=O) groups is 1. The molecule has 2 heterocycles. The number of amides is 1. The van der Waals surface area contributed by atoms with Gasteiger partial charge >= 0.3 is 0 Å². The summed E-state index contributed by atoms with van der Waals surface area (Å²) in [7, 11) is 0. The fourth-order valence-corrected chi connectivity index (χ4v) is 2.04. The molecule has 0 saturated carbocycles. The lowest BCUT2D eigenvalue weighted by molar-refractivity contribution is 0.102. The summed E-state index contributed by atoms with van der Waals surface area (Å²) in [5, 5.41) is 14.2. The molecule has 3 rings (SSSR count). The van der Waals surface area contributed by atoms with Gasteiger partial charge in [0.25, 0.3) is 5.91 Å². The first kappa shape index (κ1) is 13.9. The van der Waals surface area contributed by atoms with Crippen molar-refractivity contribution in [1.29, 1.82) is 0 Å². The normalized spacial score (nSPS) is 10.5. The molecule has 2 aromatic heterocycles. The first-order valence-corrected chi connectivity index (χ1v) is 6.54. The zero-order valence-electron chi connectivity index (χ0n) is 11.7. The highest BCUT2D eigenvalue weighted by Crippen LogP contribution is 2.16. The zero-order chi connectivity index (χ0) is 15.5. The Hall–Kier alpha value is -3.09. The third kappa shape index (κ3) is 2.69. The Morgan fingerprint density at radius 3 is 2.59 bits per heavy atom. The molecular weight excluding hydrogens is 285 g/mol. The van der Waals surface area contributed by atoms with E-state index in [-0.39, 0.29) is 11.7 Å². The van der Waals surface area contributed by atoms with Crippen LogP contribution in [0.5, 0.6) is 0 Å². The average Bonchev–Trinajstić information content (AvgIpc) is 2.91. The van der Waals surface area contributed by atoms with Crippen LogP contribution in [0.25, 0.3) is 5.69 Å². The van der Waals surface area contributed by atoms with Crippen molar-refractivity contribution >= 4 is 11.6 Å². The Morgan fingerprint density at radius 1 is 1.14 bits per heavy atom. The maximum absolute atomic E-state index is 13.0. The van der Waals surface area contributed by atoms with E-state index in [4.69, 9.17) is 0 Å². The summed E-state index contributed by atoms with van der Waals surface area (Å²) in [6.07, 6.45) is 4.42. The molecule has 1 amide bonds. The van der Waals surface area contributed by atoms with Crippen LogP contribution in [0.1, 0.15) is 16.1 Å². The van der Waals surface area contributed by atoms with E-state index in [1.54, 1.807) is 29.8 Å². The molecule has 0 atom stereocenters. The van der Waals surface area contributed by atoms with Gasteiger partial charge in [0.2, 0.25) is 0 Å². The Kier molecular flexibility index (Phi) is 3.61. The Bertz CT molecular complexity index is 799. The molecule has 0 radical (unpaired) electrons. The summed E-state index contributed by atoms with van der Waals surface area (Å²) in [6, 6.07) is 7.54. The number of nitrogens with zero attached hydrogens (tertiary/aromatic N) is 4. The van der Waals surface area contributed by atoms with Gasteiger partial charge in [-0.05, 0) is 37.3 Å². The first-order chi connectivity index (χ1) is 10.6. The minimum absolute atomic E-state index is 0.293. The summed E-state index contributed by atoms with van der Waals surface area (Å²) >= 11 is 0. The summed E-state index contributed by atoms with van der Waals surface area (Å²) in [5.41, 5.74) is 2.32. The molecule has 1 aromatic carbocycles. The van der Waals surface area contributed by atoms with Crippen LogP contribution >= 0.6 is 0 Å². The molecule has 0 unspecified atom stereocenters. The molecule has 1 N–H and O–H groups in total. The monoisotopic (exact) mass is 297 g/mol. The van der Waals surface area contributed by atoms with Crippen LogP contribution in [-0.4, -0.2) is 25.9 Å². The van der Waals surface area contributed by atoms with Gasteiger partial charge in [-0.1, -0.05) is 0 Å². The largest absolute Gasteiger partial charge is 0.320 e. The second-order valence-electron chi connectivity index (χ2n) is 4.62. The van der Waals surface area contributed by atoms with Crippen LogP contribution in [-0.2, 0) is 0 Å². The van der Waals surface area contributed by atoms with E-state index in [9.17, 15) is 9.18 Å². The van der Waals surface area contributed by atoms with Crippen molar-refractivity contribution in [2.45, 2.75) is 6.92 Å². The van der Waals surface area contributed by atoms with Crippen LogP contribution in [0.15, 0.2) is 48.9 Å². The number of hydrogen-bond acceptors (Lipinski definition) is 4. The maximum Gasteiger partial charge on any atom is 0.259 e. The van der Waals surface area contributed by atoms with Crippen LogP contribution < -0.4 is 5.32 Å². The van der Waals surface area contributed by atoms with E-state index in [0.29, 0.717) is 22.6 Å². The van der Waals surface area contributed by atoms with Crippen molar-refractivity contribution in [3.05, 3.63) is 66.0 Å². The maximum atomic E-state index is 13.0. The SMILES string of the molecule is Cc1c(C(=O)Nc2ccnnc2)cnn1-c1ccc(F)cc1. The highest BCUT2D eigenvalue weighted by atomic mass is 19.1. The molecule has 3 aromatic rings. The van der Waals surface area contributed by atoms with Gasteiger partial charge in [-0.15, -0.1) is 0 Å². The van der Waals surface area contributed by atoms with Crippen molar-refractivity contribution in [2.75, 3.05) is 5.32 Å². The lowest BCUT2D eigenvalue weighted by Crippen LogP contribution is -2.13. The number of aromatic nitrogens is 4. The molecule has 0 bridgehead atoms. The topological polar surface area (TPSA) is 72.7 Å². The summed E-state index contributed by atoms with van der Waals surface area (Å²) in [5.74, 6) is -0.615. The number of rotatable bonds is 3. The molecule has 0 spiro atoms. The van der Waals surface area contributed by atoms with Crippen molar-refractivity contribution < 1.29 is 9.18 Å². The second kappa shape index (κ2) is 5.72. The molecule has 22 heavy (non-hydrogen) atoms. The molecule has 110 valence electrons. The number of carbonyl (C=O) groups excluding carboxylic acids is 1. The molecular formula is C15H12FN5O. The van der Waals surface area contributed by atoms with Crippen molar-refractivity contribution in [3.63, 3.8) is 0 Å². The highest BCUT2D eigenvalue weighted by Gasteiger charge is 2.15. The fraction of sp³-hybridized carbons (Fsp3) is 0.0667. The smallest absolute Gasteiger partial charge is 0.259 e. The Labute approximate surface area is 125 Å². The summed E-state index contributed by atoms with van der Waals surface area (Å²) in [6.45, 7) is 1.77. The average molecular weight is 297 g/mol. The van der Waals surface area contributed by atoms with Gasteiger partial charge in [-0.2, -0.15) is 15.3 Å². The Balaban J connectivity index is 1.87. The van der Waals surface area contributed by atoms with Crippen LogP contribution in [0.4, 0.5) is 10.1 Å². The molecule has 0 fully saturated rings. The third-order valence-corrected chi connectivity index (χ3v) is 3.17. The fourth-order valence-electron chi connectivity index (χ4n) is 2.04. The number of hydrogen-bond donors (Lipinski definition) is 1. The third-order valence-electron chi connectivity index (χ3n) is 3.17.